The molecule has 0 atom stereocenters. The van der Waals surface area contributed by atoms with Gasteiger partial charge in [-0.3, -0.25) is 0 Å². The molecule has 19 heavy (non-hydrogen) atoms. The number of hydrogen-bond donors (Lipinski definition) is 2. The molecule has 0 fully saturated rings. The summed E-state index contributed by atoms with van der Waals surface area (Å²) in [5.41, 5.74) is 9.23. The lowest BCUT2D eigenvalue weighted by Crippen LogP contribution is -2.11. The van der Waals surface area contributed by atoms with Crippen LogP contribution in [0.3, 0.4) is 0 Å². The minimum Gasteiger partial charge on any atom is -0.326 e. The van der Waals surface area contributed by atoms with Crippen molar-refractivity contribution in [3.63, 3.8) is 0 Å². The van der Waals surface area contributed by atoms with Crippen molar-refractivity contribution >= 4 is 0 Å². The van der Waals surface area contributed by atoms with Crippen molar-refractivity contribution in [3.8, 4) is 0 Å². The highest BCUT2D eigenvalue weighted by Crippen LogP contribution is 2.00. The fourth-order valence-electron chi connectivity index (χ4n) is 1.59. The lowest BCUT2D eigenvalue weighted by molar-refractivity contribution is 0.727. The predicted octanol–water partition coefficient (Wildman–Crippen LogP) is 3.25. The number of aryl methyl sites for hydroxylation is 1. The average Bonchev–Trinajstić information content (AvgIpc) is 2.48. The molecule has 0 unspecified atom stereocenters. The summed E-state index contributed by atoms with van der Waals surface area (Å²) in [5, 5.41) is 3.26. The zero-order valence-electron chi connectivity index (χ0n) is 11.9. The second-order valence-corrected chi connectivity index (χ2v) is 4.46. The Morgan fingerprint density at radius 1 is 0.895 bits per heavy atom. The molecule has 0 spiro atoms. The van der Waals surface area contributed by atoms with Gasteiger partial charge in [0.05, 0.1) is 0 Å². The van der Waals surface area contributed by atoms with Gasteiger partial charge >= 0.3 is 0 Å². The lowest BCUT2D eigenvalue weighted by Gasteiger charge is -1.99. The topological polar surface area (TPSA) is 38.0 Å². The second kappa shape index (κ2) is 9.31. The Morgan fingerprint density at radius 2 is 1.53 bits per heavy atom. The smallest absolute Gasteiger partial charge is 0.0205 e. The molecule has 2 aromatic rings. The van der Waals surface area contributed by atoms with E-state index in [0.29, 0.717) is 6.54 Å². The molecule has 0 amide bonds. The van der Waals surface area contributed by atoms with Gasteiger partial charge < -0.3 is 11.1 Å². The van der Waals surface area contributed by atoms with E-state index in [1.54, 1.807) is 0 Å². The monoisotopic (exact) mass is 256 g/mol. The molecule has 2 nitrogen and oxygen atoms in total. The summed E-state index contributed by atoms with van der Waals surface area (Å²) in [6, 6.07) is 18.7. The predicted molar refractivity (Wildman–Crippen MR) is 82.9 cm³/mol. The summed E-state index contributed by atoms with van der Waals surface area (Å²) >= 11 is 0. The molecule has 0 saturated heterocycles. The normalized spacial score (nSPS) is 9.63. The molecular weight excluding hydrogens is 232 g/mol. The van der Waals surface area contributed by atoms with Crippen LogP contribution in [0.5, 0.6) is 0 Å². The molecule has 0 heterocycles. The number of rotatable bonds is 4. The van der Waals surface area contributed by atoms with E-state index in [2.05, 4.69) is 67.7 Å². The maximum atomic E-state index is 5.40. The summed E-state index contributed by atoms with van der Waals surface area (Å²) in [7, 11) is 0. The Labute approximate surface area is 116 Å². The largest absolute Gasteiger partial charge is 0.326 e. The lowest BCUT2D eigenvalue weighted by atomic mass is 10.2. The van der Waals surface area contributed by atoms with E-state index in [9.17, 15) is 0 Å². The number of benzene rings is 2. The van der Waals surface area contributed by atoms with Crippen LogP contribution in [0.2, 0.25) is 0 Å². The fourth-order valence-corrected chi connectivity index (χ4v) is 1.59. The minimum absolute atomic E-state index is 0.639. The minimum atomic E-state index is 0.639. The van der Waals surface area contributed by atoms with Crippen LogP contribution < -0.4 is 11.1 Å². The maximum Gasteiger partial charge on any atom is 0.0205 e. The second-order valence-electron chi connectivity index (χ2n) is 4.46. The maximum absolute atomic E-state index is 5.40. The summed E-state index contributed by atoms with van der Waals surface area (Å²) in [4.78, 5) is 0. The SMILES string of the molecule is CCNCc1ccccc1.Cc1ccc(CN)cc1. The number of nitrogens with one attached hydrogen (secondary N) is 1. The van der Waals surface area contributed by atoms with E-state index >= 15 is 0 Å². The van der Waals surface area contributed by atoms with Crippen LogP contribution in [0.15, 0.2) is 54.6 Å². The fraction of sp³-hybridized carbons (Fsp3) is 0.294. The van der Waals surface area contributed by atoms with E-state index in [1.165, 1.54) is 16.7 Å². The Morgan fingerprint density at radius 3 is 2.05 bits per heavy atom. The van der Waals surface area contributed by atoms with Gasteiger partial charge in [-0.1, -0.05) is 67.1 Å². The quantitative estimate of drug-likeness (QED) is 0.881. The van der Waals surface area contributed by atoms with Crippen molar-refractivity contribution < 1.29 is 0 Å². The van der Waals surface area contributed by atoms with Gasteiger partial charge in [0.2, 0.25) is 0 Å². The third-order valence-corrected chi connectivity index (χ3v) is 2.78. The Kier molecular flexibility index (Phi) is 7.56. The van der Waals surface area contributed by atoms with Gasteiger partial charge in [-0.15, -0.1) is 0 Å². The molecular formula is C17H24N2. The van der Waals surface area contributed by atoms with Gasteiger partial charge in [-0.2, -0.15) is 0 Å². The van der Waals surface area contributed by atoms with Gasteiger partial charge in [0.25, 0.3) is 0 Å². The summed E-state index contributed by atoms with van der Waals surface area (Å²) in [6.45, 7) is 6.84. The first kappa shape index (κ1) is 15.4. The van der Waals surface area contributed by atoms with E-state index in [1.807, 2.05) is 6.07 Å². The molecule has 0 aliphatic carbocycles. The standard InChI is InChI=1S/C9H13N.C8H11N/c1-2-10-8-9-6-4-3-5-7-9;1-7-2-4-8(6-9)5-3-7/h3-7,10H,2,8H2,1H3;2-5H,6,9H2,1H3. The zero-order chi connectivity index (χ0) is 13.9. The molecule has 0 aliphatic rings. The first-order valence-electron chi connectivity index (χ1n) is 6.76. The third-order valence-electron chi connectivity index (χ3n) is 2.78. The molecule has 2 aromatic carbocycles. The number of hydrogen-bond acceptors (Lipinski definition) is 2. The Bertz CT molecular complexity index is 435. The summed E-state index contributed by atoms with van der Waals surface area (Å²) in [5.74, 6) is 0. The molecule has 0 saturated carbocycles. The van der Waals surface area contributed by atoms with Gasteiger partial charge in [0.15, 0.2) is 0 Å². The molecule has 2 rings (SSSR count). The molecule has 2 heteroatoms. The van der Waals surface area contributed by atoms with Gasteiger partial charge in [0, 0.05) is 13.1 Å². The van der Waals surface area contributed by atoms with E-state index in [4.69, 9.17) is 5.73 Å². The Hall–Kier alpha value is -1.64. The van der Waals surface area contributed by atoms with Gasteiger partial charge in [-0.25, -0.2) is 0 Å². The highest BCUT2D eigenvalue weighted by molar-refractivity contribution is 5.20. The Balaban J connectivity index is 0.000000191. The molecule has 0 radical (unpaired) electrons. The van der Waals surface area contributed by atoms with Crippen LogP contribution in [0, 0.1) is 6.92 Å². The molecule has 102 valence electrons. The molecule has 3 N–H and O–H groups in total. The molecule has 0 aromatic heterocycles. The van der Waals surface area contributed by atoms with E-state index < -0.39 is 0 Å². The highest BCUT2D eigenvalue weighted by atomic mass is 14.8. The highest BCUT2D eigenvalue weighted by Gasteiger charge is 1.86. The van der Waals surface area contributed by atoms with Gasteiger partial charge in [-0.05, 0) is 24.6 Å². The van der Waals surface area contributed by atoms with Crippen LogP contribution in [-0.4, -0.2) is 6.54 Å². The third kappa shape index (κ3) is 6.75. The first-order chi connectivity index (χ1) is 9.26. The van der Waals surface area contributed by atoms with Crippen LogP contribution in [0.4, 0.5) is 0 Å². The molecule has 0 bridgehead atoms. The van der Waals surface area contributed by atoms with Crippen molar-refractivity contribution in [3.05, 3.63) is 71.3 Å². The van der Waals surface area contributed by atoms with Crippen LogP contribution in [-0.2, 0) is 13.1 Å². The van der Waals surface area contributed by atoms with Crippen LogP contribution in [0.1, 0.15) is 23.6 Å². The van der Waals surface area contributed by atoms with Crippen molar-refractivity contribution in [1.29, 1.82) is 0 Å². The summed E-state index contributed by atoms with van der Waals surface area (Å²) < 4.78 is 0. The van der Waals surface area contributed by atoms with Crippen LogP contribution in [0.25, 0.3) is 0 Å². The molecule has 0 aliphatic heterocycles. The van der Waals surface area contributed by atoms with Crippen molar-refractivity contribution in [2.24, 2.45) is 5.73 Å². The van der Waals surface area contributed by atoms with Crippen molar-refractivity contribution in [2.75, 3.05) is 6.54 Å². The van der Waals surface area contributed by atoms with Crippen LogP contribution >= 0.6 is 0 Å². The number of nitrogens with two attached hydrogens (primary N) is 1. The van der Waals surface area contributed by atoms with Gasteiger partial charge in [0.1, 0.15) is 0 Å². The first-order valence-corrected chi connectivity index (χ1v) is 6.76. The van der Waals surface area contributed by atoms with Crippen molar-refractivity contribution in [1.82, 2.24) is 5.32 Å². The summed E-state index contributed by atoms with van der Waals surface area (Å²) in [6.07, 6.45) is 0. The average molecular weight is 256 g/mol. The van der Waals surface area contributed by atoms with E-state index in [0.717, 1.165) is 13.1 Å². The zero-order valence-corrected chi connectivity index (χ0v) is 11.9. The van der Waals surface area contributed by atoms with E-state index in [-0.39, 0.29) is 0 Å². The van der Waals surface area contributed by atoms with Crippen molar-refractivity contribution in [2.45, 2.75) is 26.9 Å².